The minimum atomic E-state index is -0.862. The van der Waals surface area contributed by atoms with Gasteiger partial charge in [-0.1, -0.05) is 74.5 Å². The minimum Gasteiger partial charge on any atom is -0.458 e. The molecule has 2 aromatic rings. The average Bonchev–Trinajstić information content (AvgIpc) is 3.05. The highest BCUT2D eigenvalue weighted by Crippen LogP contribution is 2.35. The van der Waals surface area contributed by atoms with E-state index in [9.17, 15) is 9.59 Å². The maximum absolute atomic E-state index is 13.2. The average molecular weight is 435 g/mol. The molecule has 168 valence electrons. The van der Waals surface area contributed by atoms with Crippen LogP contribution in [0.3, 0.4) is 0 Å². The van der Waals surface area contributed by atoms with Gasteiger partial charge in [-0.15, -0.1) is 0 Å². The molecule has 0 radical (unpaired) electrons. The fourth-order valence-corrected chi connectivity index (χ4v) is 3.96. The van der Waals surface area contributed by atoms with Gasteiger partial charge in [0.15, 0.2) is 0 Å². The fraction of sp³-hybridized carbons (Fsp3) is 0.333. The maximum Gasteiger partial charge on any atom is 0.342 e. The van der Waals surface area contributed by atoms with E-state index in [1.807, 2.05) is 50.2 Å². The van der Waals surface area contributed by atoms with Gasteiger partial charge in [0.25, 0.3) is 6.29 Å². The van der Waals surface area contributed by atoms with Crippen LogP contribution in [-0.2, 0) is 29.2 Å². The zero-order valence-electron chi connectivity index (χ0n) is 19.3. The van der Waals surface area contributed by atoms with Crippen molar-refractivity contribution in [2.24, 2.45) is 0 Å². The Morgan fingerprint density at radius 1 is 1.00 bits per heavy atom. The van der Waals surface area contributed by atoms with Gasteiger partial charge in [0.2, 0.25) is 0 Å². The summed E-state index contributed by atoms with van der Waals surface area (Å²) in [7, 11) is 0. The topological polar surface area (TPSA) is 61.8 Å². The van der Waals surface area contributed by atoms with Gasteiger partial charge in [0.05, 0.1) is 0 Å². The lowest BCUT2D eigenvalue weighted by atomic mass is 9.76. The molecular weight excluding hydrogens is 404 g/mol. The van der Waals surface area contributed by atoms with Gasteiger partial charge in [0, 0.05) is 11.6 Å². The minimum absolute atomic E-state index is 0.196. The van der Waals surface area contributed by atoms with E-state index in [0.29, 0.717) is 17.6 Å². The van der Waals surface area contributed by atoms with Gasteiger partial charge >= 0.3 is 11.9 Å². The number of rotatable bonds is 8. The molecule has 0 N–H and O–H groups in total. The second-order valence-corrected chi connectivity index (χ2v) is 9.23. The predicted octanol–water partition coefficient (Wildman–Crippen LogP) is 5.56. The van der Waals surface area contributed by atoms with Crippen molar-refractivity contribution < 1.29 is 23.8 Å². The molecule has 32 heavy (non-hydrogen) atoms. The molecule has 0 fully saturated rings. The van der Waals surface area contributed by atoms with Gasteiger partial charge in [0.1, 0.15) is 17.4 Å². The molecule has 0 aliphatic carbocycles. The molecule has 0 spiro atoms. The lowest BCUT2D eigenvalue weighted by Crippen LogP contribution is -2.36. The number of carbonyl (C=O) groups excluding carboxylic acids is 2. The Morgan fingerprint density at radius 3 is 2.16 bits per heavy atom. The first kappa shape index (κ1) is 23.3. The Kier molecular flexibility index (Phi) is 6.87. The molecule has 1 aliphatic rings. The number of benzene rings is 2. The Balaban J connectivity index is 1.78. The second-order valence-electron chi connectivity index (χ2n) is 9.23. The molecule has 0 amide bonds. The molecule has 2 aromatic carbocycles. The third-order valence-corrected chi connectivity index (χ3v) is 5.35. The number of cyclic esters (lactones) is 1. The van der Waals surface area contributed by atoms with Gasteiger partial charge in [-0.05, 0) is 43.7 Å². The summed E-state index contributed by atoms with van der Waals surface area (Å²) >= 11 is 0. The molecule has 0 saturated heterocycles. The SMILES string of the molecule is CC1=CC(O/C=C(/C(=O)OC(C)(C)CC(C)(C)c2ccccc2)c2ccccc2)OC1=O. The first-order valence-corrected chi connectivity index (χ1v) is 10.7. The van der Waals surface area contributed by atoms with Crippen LogP contribution in [-0.4, -0.2) is 23.8 Å². The van der Waals surface area contributed by atoms with Crippen LogP contribution in [0.15, 0.2) is 78.6 Å². The molecular formula is C27H30O5. The van der Waals surface area contributed by atoms with Crippen LogP contribution in [0.2, 0.25) is 0 Å². The summed E-state index contributed by atoms with van der Waals surface area (Å²) in [5.74, 6) is -0.938. The molecule has 1 aliphatic heterocycles. The number of esters is 2. The van der Waals surface area contributed by atoms with Crippen LogP contribution in [0.4, 0.5) is 0 Å². The van der Waals surface area contributed by atoms with E-state index in [4.69, 9.17) is 14.2 Å². The highest BCUT2D eigenvalue weighted by Gasteiger charge is 2.34. The van der Waals surface area contributed by atoms with Gasteiger partial charge in [-0.2, -0.15) is 0 Å². The smallest absolute Gasteiger partial charge is 0.342 e. The molecule has 1 atom stereocenters. The summed E-state index contributed by atoms with van der Waals surface area (Å²) in [6.07, 6.45) is 2.64. The van der Waals surface area contributed by atoms with Crippen LogP contribution in [0.1, 0.15) is 52.2 Å². The van der Waals surface area contributed by atoms with Crippen LogP contribution in [0.25, 0.3) is 5.57 Å². The Morgan fingerprint density at radius 2 is 1.59 bits per heavy atom. The summed E-state index contributed by atoms with van der Waals surface area (Å²) in [4.78, 5) is 24.8. The molecule has 0 aromatic heterocycles. The molecule has 0 saturated carbocycles. The third kappa shape index (κ3) is 5.88. The first-order chi connectivity index (χ1) is 15.1. The first-order valence-electron chi connectivity index (χ1n) is 10.7. The van der Waals surface area contributed by atoms with Crippen molar-refractivity contribution in [2.45, 2.75) is 58.3 Å². The summed E-state index contributed by atoms with van der Waals surface area (Å²) < 4.78 is 16.6. The quantitative estimate of drug-likeness (QED) is 0.309. The van der Waals surface area contributed by atoms with Gasteiger partial charge < -0.3 is 14.2 Å². The highest BCUT2D eigenvalue weighted by molar-refractivity contribution is 6.16. The van der Waals surface area contributed by atoms with Crippen molar-refractivity contribution in [2.75, 3.05) is 0 Å². The molecule has 3 rings (SSSR count). The van der Waals surface area contributed by atoms with E-state index in [2.05, 4.69) is 26.0 Å². The van der Waals surface area contributed by atoms with Crippen LogP contribution < -0.4 is 0 Å². The number of carbonyl (C=O) groups is 2. The van der Waals surface area contributed by atoms with E-state index in [1.54, 1.807) is 25.1 Å². The lowest BCUT2D eigenvalue weighted by molar-refractivity contribution is -0.152. The van der Waals surface area contributed by atoms with Crippen LogP contribution in [0, 0.1) is 0 Å². The summed E-state index contributed by atoms with van der Waals surface area (Å²) in [5, 5.41) is 0. The normalized spacial score (nSPS) is 16.9. The number of hydrogen-bond acceptors (Lipinski definition) is 5. The van der Waals surface area contributed by atoms with Crippen LogP contribution >= 0.6 is 0 Å². The summed E-state index contributed by atoms with van der Waals surface area (Å²) in [5.41, 5.74) is 1.62. The molecule has 5 heteroatoms. The van der Waals surface area contributed by atoms with Crippen molar-refractivity contribution in [3.8, 4) is 0 Å². The number of ether oxygens (including phenoxy) is 3. The molecule has 1 heterocycles. The van der Waals surface area contributed by atoms with Crippen molar-refractivity contribution in [3.63, 3.8) is 0 Å². The van der Waals surface area contributed by atoms with Crippen molar-refractivity contribution in [1.82, 2.24) is 0 Å². The van der Waals surface area contributed by atoms with E-state index in [0.717, 1.165) is 0 Å². The van der Waals surface area contributed by atoms with Crippen molar-refractivity contribution in [1.29, 1.82) is 0 Å². The lowest BCUT2D eigenvalue weighted by Gasteiger charge is -2.35. The Bertz CT molecular complexity index is 1020. The van der Waals surface area contributed by atoms with E-state index in [-0.39, 0.29) is 11.0 Å². The van der Waals surface area contributed by atoms with Gasteiger partial charge in [-0.3, -0.25) is 0 Å². The zero-order chi connectivity index (χ0) is 23.4. The van der Waals surface area contributed by atoms with E-state index < -0.39 is 23.8 Å². The zero-order valence-corrected chi connectivity index (χ0v) is 19.3. The Labute approximate surface area is 189 Å². The summed E-state index contributed by atoms with van der Waals surface area (Å²) in [6.45, 7) is 9.74. The Hall–Kier alpha value is -3.34. The molecule has 5 nitrogen and oxygen atoms in total. The largest absolute Gasteiger partial charge is 0.458 e. The summed E-state index contributed by atoms with van der Waals surface area (Å²) in [6, 6.07) is 19.3. The fourth-order valence-electron chi connectivity index (χ4n) is 3.96. The van der Waals surface area contributed by atoms with E-state index in [1.165, 1.54) is 11.8 Å². The predicted molar refractivity (Wildman–Crippen MR) is 123 cm³/mol. The van der Waals surface area contributed by atoms with Gasteiger partial charge in [-0.25, -0.2) is 9.59 Å². The van der Waals surface area contributed by atoms with E-state index >= 15 is 0 Å². The maximum atomic E-state index is 13.2. The third-order valence-electron chi connectivity index (χ3n) is 5.35. The standard InChI is InChI=1S/C27H30O5/c1-19-16-23(31-24(19)28)30-17-22(20-12-8-6-9-13-20)25(29)32-27(4,5)18-26(2,3)21-14-10-7-11-15-21/h6-17,23H,18H2,1-5H3/b22-17+. The monoisotopic (exact) mass is 434 g/mol. The highest BCUT2D eigenvalue weighted by atomic mass is 16.7. The molecule has 1 unspecified atom stereocenters. The molecule has 0 bridgehead atoms. The van der Waals surface area contributed by atoms with Crippen molar-refractivity contribution >= 4 is 17.5 Å². The second kappa shape index (κ2) is 9.43. The van der Waals surface area contributed by atoms with Crippen molar-refractivity contribution in [3.05, 3.63) is 89.7 Å². The number of hydrogen-bond donors (Lipinski definition) is 0. The van der Waals surface area contributed by atoms with Crippen LogP contribution in [0.5, 0.6) is 0 Å².